The molecule has 5 nitrogen and oxygen atoms in total. The average molecular weight is 351 g/mol. The molecule has 1 aliphatic rings. The summed E-state index contributed by atoms with van der Waals surface area (Å²) in [4.78, 5) is 6.50. The second-order valence-corrected chi connectivity index (χ2v) is 6.35. The molecule has 2 N–H and O–H groups in total. The SMILES string of the molecule is Cc1ccc([C@@H]2[C@H](c3ccccn3)NC(=S)N2c2ccc(O)cc2)o1. The number of hydrogen-bond acceptors (Lipinski definition) is 4. The van der Waals surface area contributed by atoms with Crippen molar-refractivity contribution in [2.45, 2.75) is 19.0 Å². The molecule has 0 bridgehead atoms. The first-order valence-corrected chi connectivity index (χ1v) is 8.40. The Hall–Kier alpha value is -2.86. The number of aromatic nitrogens is 1. The molecule has 1 aliphatic heterocycles. The van der Waals surface area contributed by atoms with Crippen LogP contribution in [-0.2, 0) is 0 Å². The quantitative estimate of drug-likeness (QED) is 0.699. The second kappa shape index (κ2) is 6.22. The van der Waals surface area contributed by atoms with Crippen molar-refractivity contribution in [1.29, 1.82) is 0 Å². The Labute approximate surface area is 150 Å². The van der Waals surface area contributed by atoms with Gasteiger partial charge in [-0.3, -0.25) is 4.98 Å². The van der Waals surface area contributed by atoms with Crippen molar-refractivity contribution in [3.05, 3.63) is 78.0 Å². The smallest absolute Gasteiger partial charge is 0.174 e. The van der Waals surface area contributed by atoms with Crippen molar-refractivity contribution >= 4 is 23.0 Å². The van der Waals surface area contributed by atoms with Crippen LogP contribution in [0.2, 0.25) is 0 Å². The van der Waals surface area contributed by atoms with Crippen molar-refractivity contribution < 1.29 is 9.52 Å². The number of pyridine rings is 1. The summed E-state index contributed by atoms with van der Waals surface area (Å²) in [6, 6.07) is 16.4. The van der Waals surface area contributed by atoms with Gasteiger partial charge < -0.3 is 19.7 Å². The largest absolute Gasteiger partial charge is 0.508 e. The van der Waals surface area contributed by atoms with Crippen molar-refractivity contribution in [2.24, 2.45) is 0 Å². The molecule has 0 spiro atoms. The van der Waals surface area contributed by atoms with Crippen LogP contribution in [0.1, 0.15) is 29.3 Å². The van der Waals surface area contributed by atoms with E-state index in [1.807, 2.05) is 54.3 Å². The van der Waals surface area contributed by atoms with Crippen LogP contribution < -0.4 is 10.2 Å². The van der Waals surface area contributed by atoms with Gasteiger partial charge in [-0.05, 0) is 67.7 Å². The zero-order chi connectivity index (χ0) is 17.4. The van der Waals surface area contributed by atoms with Gasteiger partial charge in [0.05, 0.1) is 11.7 Å². The monoisotopic (exact) mass is 351 g/mol. The molecule has 2 aromatic heterocycles. The molecule has 3 heterocycles. The Morgan fingerprint density at radius 2 is 1.92 bits per heavy atom. The highest BCUT2D eigenvalue weighted by Gasteiger charge is 2.42. The minimum absolute atomic E-state index is 0.131. The number of hydrogen-bond donors (Lipinski definition) is 2. The van der Waals surface area contributed by atoms with Gasteiger partial charge in [-0.1, -0.05) is 6.07 Å². The Kier molecular flexibility index (Phi) is 3.89. The van der Waals surface area contributed by atoms with Crippen molar-refractivity contribution in [3.63, 3.8) is 0 Å². The van der Waals surface area contributed by atoms with E-state index < -0.39 is 0 Å². The number of thiocarbonyl (C=S) groups is 1. The van der Waals surface area contributed by atoms with E-state index in [2.05, 4.69) is 10.3 Å². The Morgan fingerprint density at radius 1 is 1.12 bits per heavy atom. The normalized spacial score (nSPS) is 19.9. The topological polar surface area (TPSA) is 61.5 Å². The zero-order valence-electron chi connectivity index (χ0n) is 13.6. The number of aromatic hydroxyl groups is 1. The summed E-state index contributed by atoms with van der Waals surface area (Å²) in [7, 11) is 0. The highest BCUT2D eigenvalue weighted by molar-refractivity contribution is 7.80. The van der Waals surface area contributed by atoms with Gasteiger partial charge in [0, 0.05) is 11.9 Å². The van der Waals surface area contributed by atoms with E-state index in [0.29, 0.717) is 5.11 Å². The number of benzene rings is 1. The lowest BCUT2D eigenvalue weighted by atomic mass is 10.0. The number of rotatable bonds is 3. The first kappa shape index (κ1) is 15.7. The summed E-state index contributed by atoms with van der Waals surface area (Å²) in [6.07, 6.45) is 1.77. The fourth-order valence-electron chi connectivity index (χ4n) is 3.15. The third-order valence-corrected chi connectivity index (χ3v) is 4.59. The van der Waals surface area contributed by atoms with Crippen LogP contribution in [-0.4, -0.2) is 15.2 Å². The van der Waals surface area contributed by atoms with Gasteiger partial charge in [0.2, 0.25) is 0 Å². The summed E-state index contributed by atoms with van der Waals surface area (Å²) < 4.78 is 5.92. The fourth-order valence-corrected chi connectivity index (χ4v) is 3.49. The first-order valence-electron chi connectivity index (χ1n) is 7.99. The van der Waals surface area contributed by atoms with Crippen LogP contribution in [0.4, 0.5) is 5.69 Å². The molecule has 6 heteroatoms. The molecule has 1 saturated heterocycles. The van der Waals surface area contributed by atoms with Crippen LogP contribution >= 0.6 is 12.2 Å². The maximum absolute atomic E-state index is 9.59. The molecule has 25 heavy (non-hydrogen) atoms. The summed E-state index contributed by atoms with van der Waals surface area (Å²) in [5.41, 5.74) is 1.78. The number of phenolic OH excluding ortho intramolecular Hbond substituents is 1. The molecule has 0 saturated carbocycles. The number of nitrogens with one attached hydrogen (secondary N) is 1. The van der Waals surface area contributed by atoms with Crippen LogP contribution in [0.3, 0.4) is 0 Å². The molecule has 1 fully saturated rings. The second-order valence-electron chi connectivity index (χ2n) is 5.96. The van der Waals surface area contributed by atoms with E-state index >= 15 is 0 Å². The average Bonchev–Trinajstić information content (AvgIpc) is 3.20. The van der Waals surface area contributed by atoms with Crippen LogP contribution in [0.25, 0.3) is 0 Å². The summed E-state index contributed by atoms with van der Waals surface area (Å²) in [6.45, 7) is 1.92. The highest BCUT2D eigenvalue weighted by Crippen LogP contribution is 2.42. The molecule has 4 rings (SSSR count). The zero-order valence-corrected chi connectivity index (χ0v) is 14.4. The Morgan fingerprint density at radius 3 is 2.56 bits per heavy atom. The summed E-state index contributed by atoms with van der Waals surface area (Å²) in [5, 5.41) is 13.5. The standard InChI is InChI=1S/C19H17N3O2S/c1-12-5-10-16(24-12)18-17(15-4-2-3-11-20-15)21-19(25)22(18)13-6-8-14(23)9-7-13/h2-11,17-18,23H,1H3,(H,21,25)/t17-,18+/m0/s1. The molecule has 0 unspecified atom stereocenters. The van der Waals surface area contributed by atoms with Gasteiger partial charge in [-0.25, -0.2) is 0 Å². The van der Waals surface area contributed by atoms with Crippen LogP contribution in [0.15, 0.2) is 65.2 Å². The highest BCUT2D eigenvalue weighted by atomic mass is 32.1. The van der Waals surface area contributed by atoms with E-state index in [-0.39, 0.29) is 17.8 Å². The summed E-state index contributed by atoms with van der Waals surface area (Å²) >= 11 is 5.60. The predicted octanol–water partition coefficient (Wildman–Crippen LogP) is 3.87. The third-order valence-electron chi connectivity index (χ3n) is 4.28. The fraction of sp³-hybridized carbons (Fsp3) is 0.158. The maximum atomic E-state index is 9.59. The lowest BCUT2D eigenvalue weighted by Crippen LogP contribution is -2.29. The molecular formula is C19H17N3O2S. The van der Waals surface area contributed by atoms with Crippen LogP contribution in [0.5, 0.6) is 5.75 Å². The van der Waals surface area contributed by atoms with Gasteiger partial charge in [0.1, 0.15) is 23.3 Å². The van der Waals surface area contributed by atoms with Gasteiger partial charge in [0.15, 0.2) is 5.11 Å². The van der Waals surface area contributed by atoms with Gasteiger partial charge in [-0.15, -0.1) is 0 Å². The molecular weight excluding hydrogens is 334 g/mol. The molecule has 126 valence electrons. The number of aryl methyl sites for hydroxylation is 1. The minimum Gasteiger partial charge on any atom is -0.508 e. The Balaban J connectivity index is 1.81. The number of anilines is 1. The third kappa shape index (κ3) is 2.85. The minimum atomic E-state index is -0.166. The lowest BCUT2D eigenvalue weighted by molar-refractivity contribution is 0.418. The number of phenols is 1. The van der Waals surface area contributed by atoms with Crippen molar-refractivity contribution in [2.75, 3.05) is 4.90 Å². The van der Waals surface area contributed by atoms with E-state index in [1.165, 1.54) is 0 Å². The van der Waals surface area contributed by atoms with E-state index in [9.17, 15) is 5.11 Å². The molecule has 1 aromatic carbocycles. The predicted molar refractivity (Wildman–Crippen MR) is 99.5 cm³/mol. The number of nitrogens with zero attached hydrogens (tertiary/aromatic N) is 2. The maximum Gasteiger partial charge on any atom is 0.174 e. The van der Waals surface area contributed by atoms with Crippen molar-refractivity contribution in [1.82, 2.24) is 10.3 Å². The first-order chi connectivity index (χ1) is 12.1. The molecule has 3 aromatic rings. The van der Waals surface area contributed by atoms with Crippen molar-refractivity contribution in [3.8, 4) is 5.75 Å². The van der Waals surface area contributed by atoms with E-state index in [1.54, 1.807) is 18.3 Å². The van der Waals surface area contributed by atoms with E-state index in [0.717, 1.165) is 22.9 Å². The van der Waals surface area contributed by atoms with Gasteiger partial charge >= 0.3 is 0 Å². The van der Waals surface area contributed by atoms with Gasteiger partial charge in [-0.2, -0.15) is 0 Å². The molecule has 0 aliphatic carbocycles. The summed E-state index contributed by atoms with van der Waals surface area (Å²) in [5.74, 6) is 1.88. The molecule has 2 atom stereocenters. The Bertz CT molecular complexity index is 893. The molecule has 0 radical (unpaired) electrons. The van der Waals surface area contributed by atoms with Crippen LogP contribution in [0, 0.1) is 6.92 Å². The van der Waals surface area contributed by atoms with Gasteiger partial charge in [0.25, 0.3) is 0 Å². The number of furan rings is 1. The lowest BCUT2D eigenvalue weighted by Gasteiger charge is -2.26. The van der Waals surface area contributed by atoms with E-state index in [4.69, 9.17) is 16.6 Å². The molecule has 0 amide bonds.